The van der Waals surface area contributed by atoms with Gasteiger partial charge in [0.15, 0.2) is 0 Å². The minimum atomic E-state index is -0.588. The van der Waals surface area contributed by atoms with Crippen LogP contribution in [0.5, 0.6) is 5.75 Å². The molecule has 1 aliphatic rings. The SMILES string of the molecule is CN(C)C[C@]1(O)CCN(CCCOc2ccc(C(N)=O)cc2)C1. The number of likely N-dealkylation sites (tertiary alicyclic amines) is 1. The maximum atomic E-state index is 11.0. The van der Waals surface area contributed by atoms with E-state index >= 15 is 0 Å². The van der Waals surface area contributed by atoms with E-state index in [9.17, 15) is 9.90 Å². The first-order valence-electron chi connectivity index (χ1n) is 8.00. The Morgan fingerprint density at radius 1 is 1.39 bits per heavy atom. The standard InChI is InChI=1S/C17H27N3O3/c1-19(2)12-17(22)8-10-20(13-17)9-3-11-23-15-6-4-14(5-7-15)16(18)21/h4-7,22H,3,8-13H2,1-2H3,(H2,18,21)/t17-/m1/s1. The van der Waals surface area contributed by atoms with Crippen molar-refractivity contribution in [3.8, 4) is 5.75 Å². The highest BCUT2D eigenvalue weighted by Crippen LogP contribution is 2.22. The van der Waals surface area contributed by atoms with Crippen molar-refractivity contribution in [1.29, 1.82) is 0 Å². The van der Waals surface area contributed by atoms with Crippen molar-refractivity contribution >= 4 is 5.91 Å². The van der Waals surface area contributed by atoms with Crippen molar-refractivity contribution < 1.29 is 14.6 Å². The average molecular weight is 321 g/mol. The van der Waals surface area contributed by atoms with Gasteiger partial charge < -0.3 is 25.4 Å². The van der Waals surface area contributed by atoms with Gasteiger partial charge in [-0.05, 0) is 51.2 Å². The monoisotopic (exact) mass is 321 g/mol. The molecule has 1 saturated heterocycles. The summed E-state index contributed by atoms with van der Waals surface area (Å²) in [5.74, 6) is 0.302. The Hall–Kier alpha value is -1.63. The predicted molar refractivity (Wildman–Crippen MR) is 89.6 cm³/mol. The summed E-state index contributed by atoms with van der Waals surface area (Å²) in [5, 5.41) is 10.5. The normalized spacial score (nSPS) is 21.7. The van der Waals surface area contributed by atoms with Crippen LogP contribution in [0.4, 0.5) is 0 Å². The number of aliphatic hydroxyl groups is 1. The zero-order valence-corrected chi connectivity index (χ0v) is 14.0. The smallest absolute Gasteiger partial charge is 0.248 e. The quantitative estimate of drug-likeness (QED) is 0.684. The fourth-order valence-electron chi connectivity index (χ4n) is 3.04. The molecule has 0 aliphatic carbocycles. The summed E-state index contributed by atoms with van der Waals surface area (Å²) < 4.78 is 5.67. The number of likely N-dealkylation sites (N-methyl/N-ethyl adjacent to an activating group) is 1. The molecule has 23 heavy (non-hydrogen) atoms. The van der Waals surface area contributed by atoms with E-state index < -0.39 is 11.5 Å². The number of β-amino-alcohol motifs (C(OH)–C–C–N with tert-alkyl or cyclic N) is 1. The molecule has 0 radical (unpaired) electrons. The number of ether oxygens (including phenoxy) is 1. The maximum absolute atomic E-state index is 11.0. The number of hydrogen-bond donors (Lipinski definition) is 2. The zero-order chi connectivity index (χ0) is 16.9. The van der Waals surface area contributed by atoms with Gasteiger partial charge in [-0.25, -0.2) is 0 Å². The van der Waals surface area contributed by atoms with Crippen LogP contribution in [0.3, 0.4) is 0 Å². The van der Waals surface area contributed by atoms with Crippen LogP contribution in [0.15, 0.2) is 24.3 Å². The van der Waals surface area contributed by atoms with Crippen LogP contribution in [0.25, 0.3) is 0 Å². The predicted octanol–water partition coefficient (Wildman–Crippen LogP) is 0.553. The highest BCUT2D eigenvalue weighted by atomic mass is 16.5. The minimum absolute atomic E-state index is 0.434. The molecule has 0 unspecified atom stereocenters. The number of carbonyl (C=O) groups excluding carboxylic acids is 1. The number of nitrogens with zero attached hydrogens (tertiary/aromatic N) is 2. The van der Waals surface area contributed by atoms with E-state index in [1.165, 1.54) is 0 Å². The van der Waals surface area contributed by atoms with Gasteiger partial charge >= 0.3 is 0 Å². The summed E-state index contributed by atoms with van der Waals surface area (Å²) in [6.45, 7) is 3.87. The third kappa shape index (κ3) is 5.49. The molecule has 1 heterocycles. The lowest BCUT2D eigenvalue weighted by molar-refractivity contribution is 0.0243. The Labute approximate surface area is 137 Å². The minimum Gasteiger partial charge on any atom is -0.494 e. The molecule has 1 aliphatic heterocycles. The van der Waals surface area contributed by atoms with Crippen molar-refractivity contribution in [2.24, 2.45) is 5.73 Å². The lowest BCUT2D eigenvalue weighted by Crippen LogP contribution is -2.42. The van der Waals surface area contributed by atoms with E-state index in [-0.39, 0.29) is 0 Å². The topological polar surface area (TPSA) is 79.0 Å². The Morgan fingerprint density at radius 2 is 2.09 bits per heavy atom. The molecule has 2 rings (SSSR count). The summed E-state index contributed by atoms with van der Waals surface area (Å²) >= 11 is 0. The molecule has 128 valence electrons. The Balaban J connectivity index is 1.67. The molecule has 3 N–H and O–H groups in total. The molecule has 0 aromatic heterocycles. The van der Waals surface area contributed by atoms with Crippen LogP contribution in [-0.4, -0.2) is 73.3 Å². The molecule has 0 saturated carbocycles. The molecule has 0 bridgehead atoms. The van der Waals surface area contributed by atoms with Gasteiger partial charge in [-0.15, -0.1) is 0 Å². The summed E-state index contributed by atoms with van der Waals surface area (Å²) in [7, 11) is 3.97. The summed E-state index contributed by atoms with van der Waals surface area (Å²) in [6, 6.07) is 6.84. The Morgan fingerprint density at radius 3 is 2.70 bits per heavy atom. The Bertz CT molecular complexity index is 518. The number of hydrogen-bond acceptors (Lipinski definition) is 5. The summed E-state index contributed by atoms with van der Waals surface area (Å²) in [6.07, 6.45) is 1.72. The third-order valence-corrected chi connectivity index (χ3v) is 4.05. The molecule has 6 nitrogen and oxygen atoms in total. The molecule has 1 atom stereocenters. The molecule has 1 aromatic rings. The lowest BCUT2D eigenvalue weighted by Gasteiger charge is -2.26. The first-order chi connectivity index (χ1) is 10.9. The summed E-state index contributed by atoms with van der Waals surface area (Å²) in [4.78, 5) is 15.3. The van der Waals surface area contributed by atoms with Gasteiger partial charge in [0.2, 0.25) is 5.91 Å². The van der Waals surface area contributed by atoms with Gasteiger partial charge in [-0.2, -0.15) is 0 Å². The van der Waals surface area contributed by atoms with Crippen LogP contribution in [-0.2, 0) is 0 Å². The highest BCUT2D eigenvalue weighted by Gasteiger charge is 2.35. The lowest BCUT2D eigenvalue weighted by atomic mass is 10.0. The summed E-state index contributed by atoms with van der Waals surface area (Å²) in [5.41, 5.74) is 5.09. The maximum Gasteiger partial charge on any atom is 0.248 e. The first-order valence-corrected chi connectivity index (χ1v) is 8.00. The zero-order valence-electron chi connectivity index (χ0n) is 14.0. The fourth-order valence-corrected chi connectivity index (χ4v) is 3.04. The van der Waals surface area contributed by atoms with Gasteiger partial charge in [0.1, 0.15) is 5.75 Å². The number of primary amides is 1. The van der Waals surface area contributed by atoms with Gasteiger partial charge in [0.05, 0.1) is 12.2 Å². The number of benzene rings is 1. The molecule has 1 amide bonds. The second-order valence-electron chi connectivity index (χ2n) is 6.58. The molecular weight excluding hydrogens is 294 g/mol. The van der Waals surface area contributed by atoms with Gasteiger partial charge in [-0.3, -0.25) is 4.79 Å². The van der Waals surface area contributed by atoms with Crippen LogP contribution >= 0.6 is 0 Å². The van der Waals surface area contributed by atoms with Crippen LogP contribution in [0.1, 0.15) is 23.2 Å². The van der Waals surface area contributed by atoms with Crippen molar-refractivity contribution in [2.75, 3.05) is 46.9 Å². The van der Waals surface area contributed by atoms with Crippen LogP contribution < -0.4 is 10.5 Å². The molecule has 1 fully saturated rings. The van der Waals surface area contributed by atoms with E-state index in [1.54, 1.807) is 24.3 Å². The van der Waals surface area contributed by atoms with Crippen molar-refractivity contribution in [3.63, 3.8) is 0 Å². The Kier molecular flexibility index (Phi) is 5.98. The largest absolute Gasteiger partial charge is 0.494 e. The van der Waals surface area contributed by atoms with E-state index in [2.05, 4.69) is 4.90 Å². The van der Waals surface area contributed by atoms with Crippen molar-refractivity contribution in [2.45, 2.75) is 18.4 Å². The fraction of sp³-hybridized carbons (Fsp3) is 0.588. The number of rotatable bonds is 8. The first kappa shape index (κ1) is 17.7. The molecule has 1 aromatic carbocycles. The van der Waals surface area contributed by atoms with E-state index in [1.807, 2.05) is 19.0 Å². The van der Waals surface area contributed by atoms with E-state index in [0.29, 0.717) is 18.7 Å². The van der Waals surface area contributed by atoms with Gasteiger partial charge in [-0.1, -0.05) is 0 Å². The van der Waals surface area contributed by atoms with Crippen molar-refractivity contribution in [3.05, 3.63) is 29.8 Å². The molecular formula is C17H27N3O3. The van der Waals surface area contributed by atoms with Crippen molar-refractivity contribution in [1.82, 2.24) is 9.80 Å². The average Bonchev–Trinajstić information content (AvgIpc) is 2.84. The number of carbonyl (C=O) groups is 1. The number of nitrogens with two attached hydrogens (primary N) is 1. The second-order valence-corrected chi connectivity index (χ2v) is 6.58. The molecule has 0 spiro atoms. The van der Waals surface area contributed by atoms with Crippen LogP contribution in [0.2, 0.25) is 0 Å². The van der Waals surface area contributed by atoms with E-state index in [4.69, 9.17) is 10.5 Å². The highest BCUT2D eigenvalue weighted by molar-refractivity contribution is 5.92. The van der Waals surface area contributed by atoms with E-state index in [0.717, 1.165) is 38.2 Å². The number of amides is 1. The second kappa shape index (κ2) is 7.77. The third-order valence-electron chi connectivity index (χ3n) is 4.05. The molecule has 6 heteroatoms. The van der Waals surface area contributed by atoms with Crippen LogP contribution in [0, 0.1) is 0 Å². The van der Waals surface area contributed by atoms with Gasteiger partial charge in [0.25, 0.3) is 0 Å². The van der Waals surface area contributed by atoms with Gasteiger partial charge in [0, 0.05) is 31.7 Å².